The van der Waals surface area contributed by atoms with Crippen molar-refractivity contribution in [1.29, 1.82) is 0 Å². The van der Waals surface area contributed by atoms with Crippen LogP contribution in [-0.4, -0.2) is 32.9 Å². The van der Waals surface area contributed by atoms with Crippen LogP contribution in [-0.2, 0) is 22.5 Å². The lowest BCUT2D eigenvalue weighted by Gasteiger charge is -2.26. The molecule has 1 aliphatic rings. The molecule has 0 amide bonds. The molecule has 0 saturated carbocycles. The molecule has 0 radical (unpaired) electrons. The number of carbonyl (C=O) groups excluding carboxylic acids is 1. The zero-order valence-corrected chi connectivity index (χ0v) is 10.2. The number of esters is 1. The number of rotatable bonds is 3. The third-order valence-electron chi connectivity index (χ3n) is 2.98. The maximum absolute atomic E-state index is 11.7. The second-order valence-corrected chi connectivity index (χ2v) is 4.66. The average molecular weight is 238 g/mol. The molecule has 2 N–H and O–H groups in total. The van der Waals surface area contributed by atoms with Crippen molar-refractivity contribution in [2.75, 3.05) is 0 Å². The Balaban J connectivity index is 1.98. The molecule has 2 atom stereocenters. The Labute approximate surface area is 100 Å². The van der Waals surface area contributed by atoms with Crippen LogP contribution in [0.25, 0.3) is 0 Å². The molecule has 0 saturated heterocycles. The molecular weight excluding hydrogens is 220 g/mol. The summed E-state index contributed by atoms with van der Waals surface area (Å²) in [6.07, 6.45) is 2.94. The Morgan fingerprint density at radius 3 is 3.12 bits per heavy atom. The first-order valence-electron chi connectivity index (χ1n) is 5.90. The lowest BCUT2D eigenvalue weighted by atomic mass is 9.91. The van der Waals surface area contributed by atoms with Gasteiger partial charge in [-0.2, -0.15) is 5.10 Å². The van der Waals surface area contributed by atoms with E-state index in [1.54, 1.807) is 0 Å². The number of nitrogens with two attached hydrogens (primary N) is 1. The van der Waals surface area contributed by atoms with E-state index in [9.17, 15) is 4.79 Å². The summed E-state index contributed by atoms with van der Waals surface area (Å²) in [6, 6.07) is -0.567. The van der Waals surface area contributed by atoms with Crippen molar-refractivity contribution in [3.63, 3.8) is 0 Å². The summed E-state index contributed by atoms with van der Waals surface area (Å²) in [6.45, 7) is 4.41. The lowest BCUT2D eigenvalue weighted by molar-refractivity contribution is -0.150. The standard InChI is InChI=1S/C11H18N4O2/c1-7(2)17-11(16)10(12)8-3-4-15-9(5-8)13-6-14-15/h6-8,10H,3-5,12H2,1-2H3. The normalized spacial score (nSPS) is 21.1. The number of carbonyl (C=O) groups is 1. The molecule has 1 aromatic heterocycles. The second kappa shape index (κ2) is 4.83. The van der Waals surface area contributed by atoms with E-state index in [1.165, 1.54) is 6.33 Å². The maximum Gasteiger partial charge on any atom is 0.323 e. The Bertz CT molecular complexity index is 402. The molecule has 0 bridgehead atoms. The van der Waals surface area contributed by atoms with Crippen LogP contribution in [0.4, 0.5) is 0 Å². The zero-order chi connectivity index (χ0) is 12.4. The fourth-order valence-corrected chi connectivity index (χ4v) is 2.07. The third kappa shape index (κ3) is 2.63. The first kappa shape index (κ1) is 12.0. The summed E-state index contributed by atoms with van der Waals surface area (Å²) in [4.78, 5) is 15.9. The van der Waals surface area contributed by atoms with E-state index in [0.29, 0.717) is 6.42 Å². The van der Waals surface area contributed by atoms with Crippen molar-refractivity contribution in [3.05, 3.63) is 12.2 Å². The van der Waals surface area contributed by atoms with Crippen LogP contribution >= 0.6 is 0 Å². The molecule has 0 aliphatic carbocycles. The van der Waals surface area contributed by atoms with Crippen molar-refractivity contribution >= 4 is 5.97 Å². The van der Waals surface area contributed by atoms with Crippen LogP contribution in [0.5, 0.6) is 0 Å². The van der Waals surface area contributed by atoms with Crippen LogP contribution in [0.2, 0.25) is 0 Å². The van der Waals surface area contributed by atoms with E-state index >= 15 is 0 Å². The maximum atomic E-state index is 11.7. The number of fused-ring (bicyclic) bond motifs is 1. The Kier molecular flexibility index (Phi) is 3.42. The van der Waals surface area contributed by atoms with E-state index in [2.05, 4.69) is 10.1 Å². The largest absolute Gasteiger partial charge is 0.462 e. The molecule has 2 heterocycles. The van der Waals surface area contributed by atoms with Gasteiger partial charge in [-0.15, -0.1) is 0 Å². The number of nitrogens with zero attached hydrogens (tertiary/aromatic N) is 3. The highest BCUT2D eigenvalue weighted by Crippen LogP contribution is 2.21. The van der Waals surface area contributed by atoms with Crippen molar-refractivity contribution in [1.82, 2.24) is 14.8 Å². The van der Waals surface area contributed by atoms with Gasteiger partial charge in [-0.1, -0.05) is 0 Å². The second-order valence-electron chi connectivity index (χ2n) is 4.66. The molecule has 6 heteroatoms. The molecule has 0 fully saturated rings. The number of ether oxygens (including phenoxy) is 1. The first-order chi connectivity index (χ1) is 8.08. The van der Waals surface area contributed by atoms with Crippen molar-refractivity contribution in [3.8, 4) is 0 Å². The van der Waals surface area contributed by atoms with Gasteiger partial charge >= 0.3 is 5.97 Å². The fourth-order valence-electron chi connectivity index (χ4n) is 2.07. The highest BCUT2D eigenvalue weighted by Gasteiger charge is 2.30. The number of aromatic nitrogens is 3. The predicted octanol–water partition coefficient (Wildman–Crippen LogP) is 0.119. The monoisotopic (exact) mass is 238 g/mol. The van der Waals surface area contributed by atoms with Gasteiger partial charge in [-0.3, -0.25) is 9.48 Å². The summed E-state index contributed by atoms with van der Waals surface area (Å²) in [5, 5.41) is 4.09. The van der Waals surface area contributed by atoms with E-state index < -0.39 is 6.04 Å². The SMILES string of the molecule is CC(C)OC(=O)C(N)C1CCn2ncnc2C1. The van der Waals surface area contributed by atoms with Crippen LogP contribution in [0, 0.1) is 5.92 Å². The minimum atomic E-state index is -0.567. The van der Waals surface area contributed by atoms with Crippen molar-refractivity contribution in [2.24, 2.45) is 11.7 Å². The topological polar surface area (TPSA) is 83.0 Å². The molecule has 94 valence electrons. The molecule has 0 spiro atoms. The van der Waals surface area contributed by atoms with Gasteiger partial charge < -0.3 is 10.5 Å². The van der Waals surface area contributed by atoms with Gasteiger partial charge in [-0.25, -0.2) is 4.98 Å². The van der Waals surface area contributed by atoms with Gasteiger partial charge in [0.05, 0.1) is 6.10 Å². The summed E-state index contributed by atoms with van der Waals surface area (Å²) in [5.74, 6) is 0.671. The van der Waals surface area contributed by atoms with Gasteiger partial charge in [0.2, 0.25) is 0 Å². The smallest absolute Gasteiger partial charge is 0.323 e. The molecule has 6 nitrogen and oxygen atoms in total. The number of hydrogen-bond donors (Lipinski definition) is 1. The summed E-state index contributed by atoms with van der Waals surface area (Å²) in [7, 11) is 0. The summed E-state index contributed by atoms with van der Waals surface area (Å²) in [5.41, 5.74) is 5.93. The van der Waals surface area contributed by atoms with Crippen LogP contribution in [0.1, 0.15) is 26.1 Å². The molecule has 1 aromatic rings. The summed E-state index contributed by atoms with van der Waals surface area (Å²) < 4.78 is 6.99. The van der Waals surface area contributed by atoms with Gasteiger partial charge in [0.25, 0.3) is 0 Å². The highest BCUT2D eigenvalue weighted by molar-refractivity contribution is 5.76. The molecule has 2 rings (SSSR count). The fraction of sp³-hybridized carbons (Fsp3) is 0.727. The van der Waals surface area contributed by atoms with Crippen LogP contribution in [0.15, 0.2) is 6.33 Å². The first-order valence-corrected chi connectivity index (χ1v) is 5.90. The molecular formula is C11H18N4O2. The molecule has 0 aromatic carbocycles. The van der Waals surface area contributed by atoms with Crippen molar-refractivity contribution in [2.45, 2.75) is 45.4 Å². The zero-order valence-electron chi connectivity index (χ0n) is 10.2. The Hall–Kier alpha value is -1.43. The van der Waals surface area contributed by atoms with Crippen molar-refractivity contribution < 1.29 is 9.53 Å². The average Bonchev–Trinajstić information content (AvgIpc) is 2.73. The molecule has 17 heavy (non-hydrogen) atoms. The van der Waals surface area contributed by atoms with E-state index in [-0.39, 0.29) is 18.0 Å². The minimum absolute atomic E-state index is 0.0953. The molecule has 1 aliphatic heterocycles. The predicted molar refractivity (Wildman–Crippen MR) is 61.0 cm³/mol. The lowest BCUT2D eigenvalue weighted by Crippen LogP contribution is -2.43. The minimum Gasteiger partial charge on any atom is -0.462 e. The third-order valence-corrected chi connectivity index (χ3v) is 2.98. The van der Waals surface area contributed by atoms with E-state index in [1.807, 2.05) is 18.5 Å². The molecule has 2 unspecified atom stereocenters. The summed E-state index contributed by atoms with van der Waals surface area (Å²) >= 11 is 0. The highest BCUT2D eigenvalue weighted by atomic mass is 16.5. The van der Waals surface area contributed by atoms with Gasteiger partial charge in [0, 0.05) is 13.0 Å². The van der Waals surface area contributed by atoms with Gasteiger partial charge in [-0.05, 0) is 26.2 Å². The van der Waals surface area contributed by atoms with Crippen LogP contribution < -0.4 is 5.73 Å². The quantitative estimate of drug-likeness (QED) is 0.756. The van der Waals surface area contributed by atoms with E-state index in [0.717, 1.165) is 18.8 Å². The Morgan fingerprint density at radius 1 is 1.65 bits per heavy atom. The van der Waals surface area contributed by atoms with E-state index in [4.69, 9.17) is 10.5 Å². The Morgan fingerprint density at radius 2 is 2.41 bits per heavy atom. The number of hydrogen-bond acceptors (Lipinski definition) is 5. The van der Waals surface area contributed by atoms with Gasteiger partial charge in [0.1, 0.15) is 18.2 Å². The number of aryl methyl sites for hydroxylation is 1. The van der Waals surface area contributed by atoms with Gasteiger partial charge in [0.15, 0.2) is 0 Å². The van der Waals surface area contributed by atoms with Crippen LogP contribution in [0.3, 0.4) is 0 Å².